The van der Waals surface area contributed by atoms with E-state index in [2.05, 4.69) is 21.7 Å². The van der Waals surface area contributed by atoms with Gasteiger partial charge in [-0.2, -0.15) is 0 Å². The van der Waals surface area contributed by atoms with Gasteiger partial charge in [-0.25, -0.2) is 0 Å². The maximum atomic E-state index is 11.7. The first-order valence-electron chi connectivity index (χ1n) is 9.84. The van der Waals surface area contributed by atoms with Crippen molar-refractivity contribution in [2.45, 2.75) is 32.2 Å². The van der Waals surface area contributed by atoms with E-state index in [1.165, 1.54) is 37.2 Å². The fraction of sp³-hybridized carbons (Fsp3) is 0.409. The number of carbonyl (C=O) groups is 1. The third-order valence-corrected chi connectivity index (χ3v) is 5.39. The lowest BCUT2D eigenvalue weighted by Crippen LogP contribution is -2.28. The summed E-state index contributed by atoms with van der Waals surface area (Å²) in [5, 5.41) is 4.77. The van der Waals surface area contributed by atoms with Gasteiger partial charge in [-0.3, -0.25) is 9.69 Å². The molecule has 1 N–H and O–H groups in total. The lowest BCUT2D eigenvalue weighted by atomic mass is 10.1. The Morgan fingerprint density at radius 1 is 1.11 bits per heavy atom. The van der Waals surface area contributed by atoms with Crippen LogP contribution in [0.25, 0.3) is 0 Å². The van der Waals surface area contributed by atoms with Gasteiger partial charge in [0, 0.05) is 23.2 Å². The third kappa shape index (κ3) is 7.37. The number of piperidine rings is 1. The highest BCUT2D eigenvalue weighted by Gasteiger charge is 2.11. The maximum Gasteiger partial charge on any atom is 0.261 e. The smallest absolute Gasteiger partial charge is 0.261 e. The molecule has 2 heterocycles. The molecule has 2 aromatic rings. The van der Waals surface area contributed by atoms with Crippen LogP contribution >= 0.6 is 11.3 Å². The molecule has 0 saturated carbocycles. The zero-order chi connectivity index (χ0) is 19.4. The number of likely N-dealkylation sites (tertiary alicyclic amines) is 1. The summed E-state index contributed by atoms with van der Waals surface area (Å²) < 4.78 is 11.2. The number of ether oxygens (including phenoxy) is 2. The van der Waals surface area contributed by atoms with Crippen molar-refractivity contribution in [2.75, 3.05) is 26.3 Å². The number of para-hydroxylation sites is 1. The lowest BCUT2D eigenvalue weighted by Gasteiger charge is -2.25. The van der Waals surface area contributed by atoms with Crippen LogP contribution in [0.3, 0.4) is 0 Å². The van der Waals surface area contributed by atoms with E-state index < -0.39 is 0 Å². The summed E-state index contributed by atoms with van der Waals surface area (Å²) in [6.07, 6.45) is 8.27. The Kier molecular flexibility index (Phi) is 8.40. The molecular formula is C22H28N2O3S. The predicted molar refractivity (Wildman–Crippen MR) is 113 cm³/mol. The van der Waals surface area contributed by atoms with E-state index in [-0.39, 0.29) is 12.5 Å². The van der Waals surface area contributed by atoms with E-state index in [4.69, 9.17) is 9.47 Å². The van der Waals surface area contributed by atoms with Crippen LogP contribution in [0.5, 0.6) is 11.5 Å². The molecule has 6 heteroatoms. The van der Waals surface area contributed by atoms with E-state index in [1.807, 2.05) is 36.4 Å². The Morgan fingerprint density at radius 2 is 1.93 bits per heavy atom. The first-order valence-corrected chi connectivity index (χ1v) is 10.7. The molecule has 150 valence electrons. The largest absolute Gasteiger partial charge is 0.492 e. The predicted octanol–water partition coefficient (Wildman–Crippen LogP) is 4.21. The highest BCUT2D eigenvalue weighted by atomic mass is 32.1. The number of benzene rings is 1. The average Bonchev–Trinajstić information content (AvgIpc) is 3.17. The normalized spacial score (nSPS) is 14.9. The minimum absolute atomic E-state index is 0.000445. The monoisotopic (exact) mass is 400 g/mol. The van der Waals surface area contributed by atoms with Crippen LogP contribution in [0.2, 0.25) is 0 Å². The molecule has 3 rings (SSSR count). The molecule has 1 saturated heterocycles. The molecule has 1 aromatic carbocycles. The highest BCUT2D eigenvalue weighted by Crippen LogP contribution is 2.24. The van der Waals surface area contributed by atoms with Crippen molar-refractivity contribution in [1.82, 2.24) is 10.2 Å². The zero-order valence-corrected chi connectivity index (χ0v) is 17.0. The maximum absolute atomic E-state index is 11.7. The minimum Gasteiger partial charge on any atom is -0.492 e. The van der Waals surface area contributed by atoms with Gasteiger partial charge in [-0.15, -0.1) is 11.3 Å². The summed E-state index contributed by atoms with van der Waals surface area (Å²) in [6, 6.07) is 11.4. The zero-order valence-electron chi connectivity index (χ0n) is 16.1. The molecule has 0 aliphatic carbocycles. The van der Waals surface area contributed by atoms with Crippen molar-refractivity contribution >= 4 is 17.2 Å². The number of nitrogens with one attached hydrogen (secondary N) is 1. The van der Waals surface area contributed by atoms with Crippen LogP contribution < -0.4 is 14.8 Å². The Hall–Kier alpha value is -2.31. The second kappa shape index (κ2) is 11.5. The quantitative estimate of drug-likeness (QED) is 0.607. The molecule has 0 atom stereocenters. The first-order chi connectivity index (χ1) is 13.8. The molecule has 1 amide bonds. The third-order valence-electron chi connectivity index (χ3n) is 4.49. The van der Waals surface area contributed by atoms with E-state index >= 15 is 0 Å². The fourth-order valence-electron chi connectivity index (χ4n) is 3.04. The molecule has 0 spiro atoms. The van der Waals surface area contributed by atoms with Crippen LogP contribution in [-0.4, -0.2) is 37.1 Å². The van der Waals surface area contributed by atoms with E-state index in [1.54, 1.807) is 17.5 Å². The van der Waals surface area contributed by atoms with E-state index in [9.17, 15) is 4.79 Å². The van der Waals surface area contributed by atoms with E-state index in [0.29, 0.717) is 12.4 Å². The number of nitrogens with zero attached hydrogens (tertiary/aromatic N) is 1. The standard InChI is InChI=1S/C22H28N2O3S/c25-22(17-27-19-9-3-1-4-10-19)23-11-5-8-14-26-20-15-21(28-18-20)16-24-12-6-2-7-13-24/h1,3-5,9-11,15,18H,2,6-8,12-14,16-17H2,(H,23,25)/b11-5-. The molecule has 1 aliphatic rings. The summed E-state index contributed by atoms with van der Waals surface area (Å²) in [5.74, 6) is 1.44. The number of thiophene rings is 1. The van der Waals surface area contributed by atoms with Crippen LogP contribution in [0.15, 0.2) is 54.1 Å². The summed E-state index contributed by atoms with van der Waals surface area (Å²) in [5.41, 5.74) is 0. The van der Waals surface area contributed by atoms with Gasteiger partial charge in [0.15, 0.2) is 6.61 Å². The molecule has 1 aliphatic heterocycles. The van der Waals surface area contributed by atoms with E-state index in [0.717, 1.165) is 18.7 Å². The lowest BCUT2D eigenvalue weighted by molar-refractivity contribution is -0.122. The van der Waals surface area contributed by atoms with Crippen molar-refractivity contribution in [3.8, 4) is 11.5 Å². The molecule has 0 bridgehead atoms. The number of amides is 1. The Morgan fingerprint density at radius 3 is 2.75 bits per heavy atom. The van der Waals surface area contributed by atoms with Gasteiger partial charge in [0.2, 0.25) is 0 Å². The van der Waals surface area contributed by atoms with Gasteiger partial charge in [0.05, 0.1) is 6.61 Å². The number of hydrogen-bond acceptors (Lipinski definition) is 5. The minimum atomic E-state index is -0.179. The molecular weight excluding hydrogens is 372 g/mol. The van der Waals surface area contributed by atoms with Crippen molar-refractivity contribution in [3.05, 3.63) is 58.9 Å². The average molecular weight is 401 g/mol. The van der Waals surface area contributed by atoms with Gasteiger partial charge < -0.3 is 14.8 Å². The summed E-state index contributed by atoms with van der Waals surface area (Å²) in [7, 11) is 0. The van der Waals surface area contributed by atoms with Crippen molar-refractivity contribution < 1.29 is 14.3 Å². The highest BCUT2D eigenvalue weighted by molar-refractivity contribution is 7.10. The fourth-order valence-corrected chi connectivity index (χ4v) is 3.89. The van der Waals surface area contributed by atoms with Crippen LogP contribution in [-0.2, 0) is 11.3 Å². The van der Waals surface area contributed by atoms with Crippen molar-refractivity contribution in [3.63, 3.8) is 0 Å². The molecule has 5 nitrogen and oxygen atoms in total. The molecule has 1 fully saturated rings. The molecule has 1 aromatic heterocycles. The molecule has 0 unspecified atom stereocenters. The second-order valence-corrected chi connectivity index (χ2v) is 7.79. The van der Waals surface area contributed by atoms with Crippen LogP contribution in [0.4, 0.5) is 0 Å². The van der Waals surface area contributed by atoms with Crippen molar-refractivity contribution in [1.29, 1.82) is 0 Å². The van der Waals surface area contributed by atoms with Gasteiger partial charge in [0.1, 0.15) is 11.5 Å². The Bertz CT molecular complexity index is 739. The van der Waals surface area contributed by atoms with Crippen molar-refractivity contribution in [2.24, 2.45) is 0 Å². The number of rotatable bonds is 10. The van der Waals surface area contributed by atoms with Crippen LogP contribution in [0, 0.1) is 0 Å². The summed E-state index contributed by atoms with van der Waals surface area (Å²) in [6.45, 7) is 4.04. The van der Waals surface area contributed by atoms with Gasteiger partial charge in [-0.1, -0.05) is 30.7 Å². The number of carbonyl (C=O) groups excluding carboxylic acids is 1. The second-order valence-electron chi connectivity index (χ2n) is 6.79. The summed E-state index contributed by atoms with van der Waals surface area (Å²) >= 11 is 1.76. The topological polar surface area (TPSA) is 50.8 Å². The Balaban J connectivity index is 1.26. The van der Waals surface area contributed by atoms with Gasteiger partial charge in [0.25, 0.3) is 5.91 Å². The SMILES string of the molecule is O=C(COc1ccccc1)N/C=C\CCOc1csc(CN2CCCCC2)c1. The van der Waals surface area contributed by atoms with Crippen LogP contribution in [0.1, 0.15) is 30.6 Å². The number of hydrogen-bond donors (Lipinski definition) is 1. The Labute approximate surface area is 171 Å². The molecule has 28 heavy (non-hydrogen) atoms. The van der Waals surface area contributed by atoms with Gasteiger partial charge in [-0.05, 0) is 50.3 Å². The molecule has 0 radical (unpaired) electrons. The van der Waals surface area contributed by atoms with Gasteiger partial charge >= 0.3 is 0 Å². The first kappa shape index (κ1) is 20.4. The summed E-state index contributed by atoms with van der Waals surface area (Å²) in [4.78, 5) is 15.6.